The van der Waals surface area contributed by atoms with Gasteiger partial charge in [-0.1, -0.05) is 5.92 Å². The Hall–Kier alpha value is -0.860. The normalized spacial score (nSPS) is 23.4. The highest BCUT2D eigenvalue weighted by Gasteiger charge is 2.45. The zero-order valence-corrected chi connectivity index (χ0v) is 8.87. The number of alkyl halides is 2. The molecular formula is C9H13ClF2N2O. The van der Waals surface area contributed by atoms with E-state index in [0.29, 0.717) is 6.54 Å². The van der Waals surface area contributed by atoms with Crippen LogP contribution in [-0.2, 0) is 4.79 Å². The lowest BCUT2D eigenvalue weighted by molar-refractivity contribution is -0.142. The van der Waals surface area contributed by atoms with Gasteiger partial charge in [-0.2, -0.15) is 0 Å². The van der Waals surface area contributed by atoms with Crippen molar-refractivity contribution < 1.29 is 13.6 Å². The third-order valence-electron chi connectivity index (χ3n) is 2.16. The molecule has 1 heterocycles. The molecule has 1 unspecified atom stereocenters. The first-order chi connectivity index (χ1) is 6.58. The molecule has 1 aliphatic rings. The summed E-state index contributed by atoms with van der Waals surface area (Å²) in [6.07, 6.45) is 5.05. The number of piperidine rings is 1. The molecule has 0 bridgehead atoms. The van der Waals surface area contributed by atoms with E-state index in [1.807, 2.05) is 0 Å². The molecule has 0 aromatic carbocycles. The SMILES string of the molecule is C#CCNC(=O)C1CCNCC1(F)F.Cl. The van der Waals surface area contributed by atoms with Crippen molar-refractivity contribution in [1.82, 2.24) is 10.6 Å². The molecule has 0 spiro atoms. The number of carbonyl (C=O) groups excluding carboxylic acids is 1. The number of halogens is 3. The summed E-state index contributed by atoms with van der Waals surface area (Å²) in [6, 6.07) is 0. The van der Waals surface area contributed by atoms with Gasteiger partial charge in [-0.3, -0.25) is 4.79 Å². The second kappa shape index (κ2) is 5.89. The van der Waals surface area contributed by atoms with E-state index in [2.05, 4.69) is 16.6 Å². The number of amides is 1. The first-order valence-electron chi connectivity index (χ1n) is 4.37. The molecule has 3 nitrogen and oxygen atoms in total. The van der Waals surface area contributed by atoms with Gasteiger partial charge in [0.05, 0.1) is 13.1 Å². The molecule has 15 heavy (non-hydrogen) atoms. The molecule has 6 heteroatoms. The highest BCUT2D eigenvalue weighted by atomic mass is 35.5. The van der Waals surface area contributed by atoms with Crippen LogP contribution < -0.4 is 10.6 Å². The van der Waals surface area contributed by atoms with Gasteiger partial charge < -0.3 is 10.6 Å². The quantitative estimate of drug-likeness (QED) is 0.684. The fourth-order valence-corrected chi connectivity index (χ4v) is 1.42. The van der Waals surface area contributed by atoms with E-state index >= 15 is 0 Å². The first-order valence-corrected chi connectivity index (χ1v) is 4.37. The zero-order valence-electron chi connectivity index (χ0n) is 8.06. The molecule has 86 valence electrons. The van der Waals surface area contributed by atoms with Crippen molar-refractivity contribution in [1.29, 1.82) is 0 Å². The lowest BCUT2D eigenvalue weighted by atomic mass is 9.93. The summed E-state index contributed by atoms with van der Waals surface area (Å²) in [4.78, 5) is 11.3. The van der Waals surface area contributed by atoms with Crippen LogP contribution in [0.2, 0.25) is 0 Å². The van der Waals surface area contributed by atoms with Crippen LogP contribution >= 0.6 is 12.4 Å². The third-order valence-corrected chi connectivity index (χ3v) is 2.16. The summed E-state index contributed by atoms with van der Waals surface area (Å²) < 4.78 is 26.3. The summed E-state index contributed by atoms with van der Waals surface area (Å²) in [5, 5.41) is 4.82. The van der Waals surface area contributed by atoms with Crippen LogP contribution in [-0.4, -0.2) is 31.5 Å². The molecule has 1 amide bonds. The van der Waals surface area contributed by atoms with Gasteiger partial charge in [0.2, 0.25) is 5.91 Å². The number of hydrogen-bond donors (Lipinski definition) is 2. The number of hydrogen-bond acceptors (Lipinski definition) is 2. The van der Waals surface area contributed by atoms with Gasteiger partial charge in [-0.15, -0.1) is 18.8 Å². The maximum absolute atomic E-state index is 13.2. The maximum Gasteiger partial charge on any atom is 0.271 e. The monoisotopic (exact) mass is 238 g/mol. The molecule has 0 aliphatic carbocycles. The Morgan fingerprint density at radius 1 is 1.67 bits per heavy atom. The van der Waals surface area contributed by atoms with E-state index < -0.39 is 24.3 Å². The molecule has 0 aromatic rings. The van der Waals surface area contributed by atoms with Gasteiger partial charge in [0.15, 0.2) is 0 Å². The van der Waals surface area contributed by atoms with Crippen LogP contribution in [0.15, 0.2) is 0 Å². The van der Waals surface area contributed by atoms with Crippen molar-refractivity contribution in [2.24, 2.45) is 5.92 Å². The molecule has 1 aliphatic heterocycles. The molecule has 0 aromatic heterocycles. The molecule has 1 rings (SSSR count). The fraction of sp³-hybridized carbons (Fsp3) is 0.667. The minimum atomic E-state index is -2.98. The van der Waals surface area contributed by atoms with Crippen LogP contribution in [0, 0.1) is 18.3 Å². The Labute approximate surface area is 93.4 Å². The van der Waals surface area contributed by atoms with Gasteiger partial charge in [-0.05, 0) is 13.0 Å². The summed E-state index contributed by atoms with van der Waals surface area (Å²) in [5.41, 5.74) is 0. The average Bonchev–Trinajstić information content (AvgIpc) is 2.13. The van der Waals surface area contributed by atoms with Crippen molar-refractivity contribution in [3.8, 4) is 12.3 Å². The van der Waals surface area contributed by atoms with Gasteiger partial charge in [0.25, 0.3) is 5.92 Å². The Kier molecular flexibility index (Phi) is 5.55. The summed E-state index contributed by atoms with van der Waals surface area (Å²) in [5.74, 6) is -2.71. The van der Waals surface area contributed by atoms with Crippen LogP contribution in [0.5, 0.6) is 0 Å². The highest BCUT2D eigenvalue weighted by molar-refractivity contribution is 5.85. The number of terminal acetylenes is 1. The Morgan fingerprint density at radius 2 is 2.33 bits per heavy atom. The van der Waals surface area contributed by atoms with Crippen LogP contribution in [0.3, 0.4) is 0 Å². The van der Waals surface area contributed by atoms with E-state index in [0.717, 1.165) is 0 Å². The molecule has 0 saturated carbocycles. The van der Waals surface area contributed by atoms with Gasteiger partial charge in [0, 0.05) is 0 Å². The van der Waals surface area contributed by atoms with Crippen LogP contribution in [0.4, 0.5) is 8.78 Å². The lowest BCUT2D eigenvalue weighted by Gasteiger charge is -2.30. The minimum Gasteiger partial charge on any atom is -0.345 e. The van der Waals surface area contributed by atoms with Gasteiger partial charge in [-0.25, -0.2) is 8.78 Å². The van der Waals surface area contributed by atoms with E-state index in [1.165, 1.54) is 0 Å². The predicted octanol–water partition coefficient (Wildman–Crippen LogP) is 0.402. The number of nitrogens with one attached hydrogen (secondary N) is 2. The summed E-state index contributed by atoms with van der Waals surface area (Å²) >= 11 is 0. The minimum absolute atomic E-state index is 0. The molecule has 2 N–H and O–H groups in total. The van der Waals surface area contributed by atoms with E-state index in [9.17, 15) is 13.6 Å². The fourth-order valence-electron chi connectivity index (χ4n) is 1.42. The zero-order chi connectivity index (χ0) is 10.6. The maximum atomic E-state index is 13.2. The molecule has 0 radical (unpaired) electrons. The standard InChI is InChI=1S/C9H12F2N2O.ClH/c1-2-4-13-8(14)7-3-5-12-6-9(7,10)11;/h1,7,12H,3-6H2,(H,13,14);1H. The van der Waals surface area contributed by atoms with Crippen molar-refractivity contribution >= 4 is 18.3 Å². The topological polar surface area (TPSA) is 41.1 Å². The first kappa shape index (κ1) is 14.1. The number of carbonyl (C=O) groups is 1. The van der Waals surface area contributed by atoms with Crippen molar-refractivity contribution in [2.75, 3.05) is 19.6 Å². The largest absolute Gasteiger partial charge is 0.345 e. The van der Waals surface area contributed by atoms with Crippen molar-refractivity contribution in [3.05, 3.63) is 0 Å². The molecule has 1 saturated heterocycles. The smallest absolute Gasteiger partial charge is 0.271 e. The van der Waals surface area contributed by atoms with E-state index in [4.69, 9.17) is 6.42 Å². The van der Waals surface area contributed by atoms with Gasteiger partial charge in [0.1, 0.15) is 5.92 Å². The Balaban J connectivity index is 0.00000196. The predicted molar refractivity (Wildman–Crippen MR) is 55.0 cm³/mol. The second-order valence-corrected chi connectivity index (χ2v) is 3.20. The van der Waals surface area contributed by atoms with Gasteiger partial charge >= 0.3 is 0 Å². The van der Waals surface area contributed by atoms with Crippen molar-refractivity contribution in [3.63, 3.8) is 0 Å². The van der Waals surface area contributed by atoms with Crippen LogP contribution in [0.25, 0.3) is 0 Å². The average molecular weight is 239 g/mol. The van der Waals surface area contributed by atoms with E-state index in [-0.39, 0.29) is 25.4 Å². The molecule has 1 fully saturated rings. The van der Waals surface area contributed by atoms with E-state index in [1.54, 1.807) is 0 Å². The van der Waals surface area contributed by atoms with Crippen LogP contribution in [0.1, 0.15) is 6.42 Å². The summed E-state index contributed by atoms with van der Waals surface area (Å²) in [7, 11) is 0. The summed E-state index contributed by atoms with van der Waals surface area (Å²) in [6.45, 7) is -0.0102. The van der Waals surface area contributed by atoms with Crippen molar-refractivity contribution in [2.45, 2.75) is 12.3 Å². The highest BCUT2D eigenvalue weighted by Crippen LogP contribution is 2.29. The molecular weight excluding hydrogens is 226 g/mol. The Morgan fingerprint density at radius 3 is 2.87 bits per heavy atom. The Bertz CT molecular complexity index is 265. The number of rotatable bonds is 2. The third kappa shape index (κ3) is 3.65. The lowest BCUT2D eigenvalue weighted by Crippen LogP contribution is -2.52. The second-order valence-electron chi connectivity index (χ2n) is 3.20. The molecule has 1 atom stereocenters.